The second-order valence-corrected chi connectivity index (χ2v) is 4.50. The van der Waals surface area contributed by atoms with Crippen LogP contribution in [0.25, 0.3) is 10.9 Å². The predicted octanol–water partition coefficient (Wildman–Crippen LogP) is 4.15. The minimum absolute atomic E-state index is 0.216. The Labute approximate surface area is 107 Å². The van der Waals surface area contributed by atoms with E-state index in [1.165, 1.54) is 6.07 Å². The summed E-state index contributed by atoms with van der Waals surface area (Å²) in [5, 5.41) is 4.22. The lowest BCUT2D eigenvalue weighted by Crippen LogP contribution is -2.03. The fourth-order valence-electron chi connectivity index (χ4n) is 2.04. The van der Waals surface area contributed by atoms with Crippen molar-refractivity contribution in [3.63, 3.8) is 0 Å². The van der Waals surface area contributed by atoms with E-state index in [0.29, 0.717) is 0 Å². The molecule has 2 rings (SSSR count). The Morgan fingerprint density at radius 3 is 2.72 bits per heavy atom. The molecule has 0 fully saturated rings. The average molecular weight is 246 g/mol. The lowest BCUT2D eigenvalue weighted by Gasteiger charge is -2.11. The molecule has 1 heterocycles. The lowest BCUT2D eigenvalue weighted by molar-refractivity contribution is 0.629. The molecule has 0 aliphatic rings. The summed E-state index contributed by atoms with van der Waals surface area (Å²) in [6.07, 6.45) is 3.06. The quantitative estimate of drug-likeness (QED) is 0.857. The molecule has 0 saturated heterocycles. The molecule has 1 N–H and O–H groups in total. The van der Waals surface area contributed by atoms with Gasteiger partial charge in [-0.25, -0.2) is 4.39 Å². The van der Waals surface area contributed by atoms with E-state index in [2.05, 4.69) is 24.1 Å². The molecule has 1 aromatic carbocycles. The standard InChI is InChI=1S/C15H19FN2/c1-3-5-12-10-15(17-8-4-2)13-9-11(16)6-7-14(13)18-12/h6-7,9-10H,3-5,8H2,1-2H3,(H,17,18). The monoisotopic (exact) mass is 246 g/mol. The van der Waals surface area contributed by atoms with Gasteiger partial charge in [0.15, 0.2) is 0 Å². The molecule has 96 valence electrons. The molecule has 18 heavy (non-hydrogen) atoms. The molecule has 0 amide bonds. The number of anilines is 1. The number of benzene rings is 1. The van der Waals surface area contributed by atoms with Crippen LogP contribution in [-0.4, -0.2) is 11.5 Å². The molecule has 0 spiro atoms. The lowest BCUT2D eigenvalue weighted by atomic mass is 10.1. The molecule has 1 aromatic heterocycles. The number of fused-ring (bicyclic) bond motifs is 1. The number of pyridine rings is 1. The SMILES string of the molecule is CCCNc1cc(CCC)nc2ccc(F)cc12. The Hall–Kier alpha value is -1.64. The van der Waals surface area contributed by atoms with Crippen LogP contribution in [-0.2, 0) is 6.42 Å². The van der Waals surface area contributed by atoms with Crippen LogP contribution < -0.4 is 5.32 Å². The van der Waals surface area contributed by atoms with Crippen LogP contribution in [0, 0.1) is 5.82 Å². The van der Waals surface area contributed by atoms with Crippen molar-refractivity contribution in [1.29, 1.82) is 0 Å². The molecule has 0 atom stereocenters. The van der Waals surface area contributed by atoms with Crippen LogP contribution in [0.5, 0.6) is 0 Å². The molecule has 0 aliphatic heterocycles. The molecule has 0 radical (unpaired) electrons. The van der Waals surface area contributed by atoms with E-state index in [0.717, 1.165) is 48.1 Å². The minimum atomic E-state index is -0.216. The third-order valence-corrected chi connectivity index (χ3v) is 2.90. The van der Waals surface area contributed by atoms with Crippen LogP contribution in [0.4, 0.5) is 10.1 Å². The Morgan fingerprint density at radius 2 is 2.00 bits per heavy atom. The van der Waals surface area contributed by atoms with Crippen molar-refractivity contribution in [3.05, 3.63) is 35.8 Å². The minimum Gasteiger partial charge on any atom is -0.384 e. The van der Waals surface area contributed by atoms with Crippen molar-refractivity contribution in [3.8, 4) is 0 Å². The summed E-state index contributed by atoms with van der Waals surface area (Å²) < 4.78 is 13.3. The van der Waals surface area contributed by atoms with Crippen LogP contribution in [0.1, 0.15) is 32.4 Å². The second kappa shape index (κ2) is 5.80. The maximum atomic E-state index is 13.3. The molecule has 0 bridgehead atoms. The van der Waals surface area contributed by atoms with Gasteiger partial charge in [0.25, 0.3) is 0 Å². The third-order valence-electron chi connectivity index (χ3n) is 2.90. The summed E-state index contributed by atoms with van der Waals surface area (Å²) >= 11 is 0. The maximum Gasteiger partial charge on any atom is 0.124 e. The van der Waals surface area contributed by atoms with Gasteiger partial charge in [-0.1, -0.05) is 20.3 Å². The van der Waals surface area contributed by atoms with Gasteiger partial charge < -0.3 is 5.32 Å². The van der Waals surface area contributed by atoms with Gasteiger partial charge in [-0.15, -0.1) is 0 Å². The zero-order valence-corrected chi connectivity index (χ0v) is 11.0. The highest BCUT2D eigenvalue weighted by Crippen LogP contribution is 2.24. The molecule has 3 heteroatoms. The van der Waals surface area contributed by atoms with E-state index in [4.69, 9.17) is 0 Å². The van der Waals surface area contributed by atoms with Crippen molar-refractivity contribution in [2.24, 2.45) is 0 Å². The van der Waals surface area contributed by atoms with Crippen LogP contribution in [0.3, 0.4) is 0 Å². The Morgan fingerprint density at radius 1 is 1.17 bits per heavy atom. The van der Waals surface area contributed by atoms with Crippen LogP contribution in [0.15, 0.2) is 24.3 Å². The number of nitrogens with zero attached hydrogens (tertiary/aromatic N) is 1. The number of aryl methyl sites for hydroxylation is 1. The number of nitrogens with one attached hydrogen (secondary N) is 1. The fourth-order valence-corrected chi connectivity index (χ4v) is 2.04. The molecule has 2 nitrogen and oxygen atoms in total. The highest BCUT2D eigenvalue weighted by molar-refractivity contribution is 5.91. The largest absolute Gasteiger partial charge is 0.384 e. The number of aromatic nitrogens is 1. The first kappa shape index (κ1) is 12.8. The van der Waals surface area contributed by atoms with Gasteiger partial charge in [-0.2, -0.15) is 0 Å². The zero-order chi connectivity index (χ0) is 13.0. The number of hydrogen-bond donors (Lipinski definition) is 1. The van der Waals surface area contributed by atoms with Gasteiger partial charge in [-0.05, 0) is 37.1 Å². The van der Waals surface area contributed by atoms with Crippen molar-refractivity contribution in [2.75, 3.05) is 11.9 Å². The summed E-state index contributed by atoms with van der Waals surface area (Å²) in [6, 6.07) is 6.81. The van der Waals surface area contributed by atoms with Crippen LogP contribution >= 0.6 is 0 Å². The third kappa shape index (κ3) is 2.78. The smallest absolute Gasteiger partial charge is 0.124 e. The van der Waals surface area contributed by atoms with E-state index in [1.807, 2.05) is 6.07 Å². The average Bonchev–Trinajstić information content (AvgIpc) is 2.37. The van der Waals surface area contributed by atoms with Gasteiger partial charge in [0, 0.05) is 23.3 Å². The first-order valence-electron chi connectivity index (χ1n) is 6.57. The van der Waals surface area contributed by atoms with E-state index < -0.39 is 0 Å². The number of halogens is 1. The second-order valence-electron chi connectivity index (χ2n) is 4.50. The normalized spacial score (nSPS) is 10.8. The van der Waals surface area contributed by atoms with Crippen molar-refractivity contribution >= 4 is 16.6 Å². The van der Waals surface area contributed by atoms with Gasteiger partial charge >= 0.3 is 0 Å². The maximum absolute atomic E-state index is 13.3. The van der Waals surface area contributed by atoms with Gasteiger partial charge in [0.2, 0.25) is 0 Å². The predicted molar refractivity (Wildman–Crippen MR) is 74.5 cm³/mol. The summed E-state index contributed by atoms with van der Waals surface area (Å²) in [5.74, 6) is -0.216. The Balaban J connectivity index is 2.50. The van der Waals surface area contributed by atoms with Gasteiger partial charge in [-0.3, -0.25) is 4.98 Å². The highest BCUT2D eigenvalue weighted by Gasteiger charge is 2.06. The molecular formula is C15H19FN2. The summed E-state index contributed by atoms with van der Waals surface area (Å²) in [5.41, 5.74) is 2.92. The van der Waals surface area contributed by atoms with E-state index in [9.17, 15) is 4.39 Å². The van der Waals surface area contributed by atoms with E-state index in [-0.39, 0.29) is 5.82 Å². The summed E-state index contributed by atoms with van der Waals surface area (Å²) in [4.78, 5) is 4.57. The first-order chi connectivity index (χ1) is 8.74. The summed E-state index contributed by atoms with van der Waals surface area (Å²) in [7, 11) is 0. The van der Waals surface area contributed by atoms with Gasteiger partial charge in [0.05, 0.1) is 5.52 Å². The molecular weight excluding hydrogens is 227 g/mol. The first-order valence-corrected chi connectivity index (χ1v) is 6.57. The van der Waals surface area contributed by atoms with Crippen LogP contribution in [0.2, 0.25) is 0 Å². The van der Waals surface area contributed by atoms with E-state index >= 15 is 0 Å². The molecule has 0 aliphatic carbocycles. The number of hydrogen-bond acceptors (Lipinski definition) is 2. The number of rotatable bonds is 5. The Kier molecular flexibility index (Phi) is 4.13. The van der Waals surface area contributed by atoms with Crippen molar-refractivity contribution in [1.82, 2.24) is 4.98 Å². The van der Waals surface area contributed by atoms with E-state index in [1.54, 1.807) is 12.1 Å². The molecule has 0 saturated carbocycles. The molecule has 2 aromatic rings. The Bertz CT molecular complexity index is 537. The zero-order valence-electron chi connectivity index (χ0n) is 11.0. The highest BCUT2D eigenvalue weighted by atomic mass is 19.1. The topological polar surface area (TPSA) is 24.9 Å². The summed E-state index contributed by atoms with van der Waals surface area (Å²) in [6.45, 7) is 5.14. The van der Waals surface area contributed by atoms with Gasteiger partial charge in [0.1, 0.15) is 5.82 Å². The van der Waals surface area contributed by atoms with Crippen molar-refractivity contribution < 1.29 is 4.39 Å². The van der Waals surface area contributed by atoms with Crippen molar-refractivity contribution in [2.45, 2.75) is 33.1 Å². The molecule has 0 unspecified atom stereocenters. The fraction of sp³-hybridized carbons (Fsp3) is 0.400.